The predicted molar refractivity (Wildman–Crippen MR) is 45.5 cm³/mol. The van der Waals surface area contributed by atoms with E-state index >= 15 is 0 Å². The molecule has 0 saturated heterocycles. The Hall–Kier alpha value is -0.660. The third kappa shape index (κ3) is 3.38. The second-order valence-electron chi connectivity index (χ2n) is 2.47. The number of nitrogens with one attached hydrogen (secondary N) is 1. The summed E-state index contributed by atoms with van der Waals surface area (Å²) in [5, 5.41) is 3.14. The van der Waals surface area contributed by atoms with Gasteiger partial charge in [-0.2, -0.15) is 0 Å². The van der Waals surface area contributed by atoms with Crippen LogP contribution < -0.4 is 11.1 Å². The smallest absolute Gasteiger partial charge is 0.0948 e. The Morgan fingerprint density at radius 1 is 1.40 bits per heavy atom. The molecular weight excluding hydrogens is 124 g/mol. The average molecular weight is 142 g/mol. The summed E-state index contributed by atoms with van der Waals surface area (Å²) in [5.74, 6) is 0.851. The van der Waals surface area contributed by atoms with Crippen LogP contribution in [0.25, 0.3) is 0 Å². The van der Waals surface area contributed by atoms with Crippen LogP contribution in [0.5, 0.6) is 0 Å². The highest BCUT2D eigenvalue weighted by atomic mass is 15.0. The highest BCUT2D eigenvalue weighted by Gasteiger charge is 1.91. The first-order valence-corrected chi connectivity index (χ1v) is 3.91. The standard InChI is InChI=1S/C8H18N2/c1-4-6-10-8(9)7(3)5-2/h10H,4-6,9H2,1-3H3. The van der Waals surface area contributed by atoms with Crippen molar-refractivity contribution in [1.29, 1.82) is 0 Å². The molecule has 60 valence electrons. The first-order valence-electron chi connectivity index (χ1n) is 3.91. The van der Waals surface area contributed by atoms with E-state index in [1.54, 1.807) is 0 Å². The van der Waals surface area contributed by atoms with Crippen LogP contribution in [0.1, 0.15) is 33.6 Å². The van der Waals surface area contributed by atoms with Crippen LogP contribution >= 0.6 is 0 Å². The summed E-state index contributed by atoms with van der Waals surface area (Å²) >= 11 is 0. The normalized spacial score (nSPS) is 12.7. The Kier molecular flexibility index (Phi) is 4.81. The lowest BCUT2D eigenvalue weighted by molar-refractivity contribution is 0.745. The summed E-state index contributed by atoms with van der Waals surface area (Å²) < 4.78 is 0. The molecule has 0 spiro atoms. The van der Waals surface area contributed by atoms with Gasteiger partial charge in [-0.05, 0) is 25.3 Å². The van der Waals surface area contributed by atoms with Gasteiger partial charge in [0.15, 0.2) is 0 Å². The highest BCUT2D eigenvalue weighted by Crippen LogP contribution is 1.98. The summed E-state index contributed by atoms with van der Waals surface area (Å²) in [6, 6.07) is 0. The summed E-state index contributed by atoms with van der Waals surface area (Å²) in [7, 11) is 0. The fraction of sp³-hybridized carbons (Fsp3) is 0.750. The number of hydrogen-bond acceptors (Lipinski definition) is 2. The van der Waals surface area contributed by atoms with Gasteiger partial charge in [-0.15, -0.1) is 0 Å². The Bertz CT molecular complexity index is 116. The third-order valence-corrected chi connectivity index (χ3v) is 1.56. The van der Waals surface area contributed by atoms with Crippen LogP contribution in [-0.4, -0.2) is 6.54 Å². The summed E-state index contributed by atoms with van der Waals surface area (Å²) in [6.07, 6.45) is 2.15. The van der Waals surface area contributed by atoms with Crippen molar-refractivity contribution < 1.29 is 0 Å². The highest BCUT2D eigenvalue weighted by molar-refractivity contribution is 5.05. The molecule has 2 heteroatoms. The zero-order valence-electron chi connectivity index (χ0n) is 7.20. The summed E-state index contributed by atoms with van der Waals surface area (Å²) in [5.41, 5.74) is 6.93. The molecule has 0 bridgehead atoms. The second-order valence-corrected chi connectivity index (χ2v) is 2.47. The number of hydrogen-bond donors (Lipinski definition) is 2. The molecule has 0 aliphatic rings. The number of allylic oxidation sites excluding steroid dienone is 1. The predicted octanol–water partition coefficient (Wildman–Crippen LogP) is 1.59. The van der Waals surface area contributed by atoms with Gasteiger partial charge < -0.3 is 11.1 Å². The molecule has 0 aliphatic heterocycles. The zero-order valence-corrected chi connectivity index (χ0v) is 7.20. The fourth-order valence-electron chi connectivity index (χ4n) is 0.601. The van der Waals surface area contributed by atoms with E-state index in [-0.39, 0.29) is 0 Å². The molecule has 0 amide bonds. The maximum atomic E-state index is 5.68. The first-order chi connectivity index (χ1) is 4.72. The van der Waals surface area contributed by atoms with Gasteiger partial charge in [0, 0.05) is 6.54 Å². The molecule has 2 nitrogen and oxygen atoms in total. The summed E-state index contributed by atoms with van der Waals surface area (Å²) in [4.78, 5) is 0. The Morgan fingerprint density at radius 3 is 2.40 bits per heavy atom. The molecule has 0 aliphatic carbocycles. The van der Waals surface area contributed by atoms with Gasteiger partial charge >= 0.3 is 0 Å². The van der Waals surface area contributed by atoms with Crippen molar-refractivity contribution in [1.82, 2.24) is 5.32 Å². The average Bonchev–Trinajstić information content (AvgIpc) is 1.98. The van der Waals surface area contributed by atoms with Crippen LogP contribution in [0, 0.1) is 0 Å². The van der Waals surface area contributed by atoms with Gasteiger partial charge in [-0.1, -0.05) is 13.8 Å². The van der Waals surface area contributed by atoms with Gasteiger partial charge in [0.05, 0.1) is 5.82 Å². The molecule has 0 rings (SSSR count). The molecule has 0 fully saturated rings. The van der Waals surface area contributed by atoms with Crippen LogP contribution in [0.2, 0.25) is 0 Å². The molecule has 0 heterocycles. The van der Waals surface area contributed by atoms with Crippen LogP contribution in [0.3, 0.4) is 0 Å². The van der Waals surface area contributed by atoms with E-state index < -0.39 is 0 Å². The van der Waals surface area contributed by atoms with E-state index in [2.05, 4.69) is 26.1 Å². The summed E-state index contributed by atoms with van der Waals surface area (Å²) in [6.45, 7) is 7.26. The van der Waals surface area contributed by atoms with E-state index in [9.17, 15) is 0 Å². The second kappa shape index (κ2) is 5.15. The quantitative estimate of drug-likeness (QED) is 0.625. The van der Waals surface area contributed by atoms with E-state index in [4.69, 9.17) is 5.73 Å². The first kappa shape index (κ1) is 9.34. The zero-order chi connectivity index (χ0) is 7.98. The lowest BCUT2D eigenvalue weighted by atomic mass is 10.2. The Labute approximate surface area is 63.5 Å². The van der Waals surface area contributed by atoms with Crippen molar-refractivity contribution in [2.24, 2.45) is 5.73 Å². The molecule has 0 saturated carbocycles. The Balaban J connectivity index is 3.68. The van der Waals surface area contributed by atoms with Crippen molar-refractivity contribution in [2.45, 2.75) is 33.6 Å². The lowest BCUT2D eigenvalue weighted by Crippen LogP contribution is -2.22. The van der Waals surface area contributed by atoms with E-state index in [1.807, 2.05) is 0 Å². The number of rotatable bonds is 4. The van der Waals surface area contributed by atoms with Gasteiger partial charge in [0.25, 0.3) is 0 Å². The fourth-order valence-corrected chi connectivity index (χ4v) is 0.601. The van der Waals surface area contributed by atoms with Crippen molar-refractivity contribution in [3.05, 3.63) is 11.4 Å². The maximum absolute atomic E-state index is 5.68. The van der Waals surface area contributed by atoms with Crippen LogP contribution in [-0.2, 0) is 0 Å². The molecule has 0 atom stereocenters. The van der Waals surface area contributed by atoms with Gasteiger partial charge in [-0.25, -0.2) is 0 Å². The van der Waals surface area contributed by atoms with Crippen molar-refractivity contribution in [2.75, 3.05) is 6.54 Å². The van der Waals surface area contributed by atoms with Crippen molar-refractivity contribution in [3.8, 4) is 0 Å². The van der Waals surface area contributed by atoms with Crippen molar-refractivity contribution in [3.63, 3.8) is 0 Å². The minimum absolute atomic E-state index is 0.851. The van der Waals surface area contributed by atoms with Crippen LogP contribution in [0.15, 0.2) is 11.4 Å². The molecule has 0 aromatic rings. The van der Waals surface area contributed by atoms with Crippen LogP contribution in [0.4, 0.5) is 0 Å². The SMILES string of the molecule is CCCNC(N)=C(C)CC. The van der Waals surface area contributed by atoms with E-state index in [0.29, 0.717) is 0 Å². The van der Waals surface area contributed by atoms with Crippen molar-refractivity contribution >= 4 is 0 Å². The third-order valence-electron chi connectivity index (χ3n) is 1.56. The molecule has 0 unspecified atom stereocenters. The van der Waals surface area contributed by atoms with Gasteiger partial charge in [0.1, 0.15) is 0 Å². The minimum atomic E-state index is 0.851. The number of nitrogens with two attached hydrogens (primary N) is 1. The topological polar surface area (TPSA) is 38.0 Å². The van der Waals surface area contributed by atoms with Gasteiger partial charge in [-0.3, -0.25) is 0 Å². The lowest BCUT2D eigenvalue weighted by Gasteiger charge is -2.07. The Morgan fingerprint density at radius 2 is 2.00 bits per heavy atom. The monoisotopic (exact) mass is 142 g/mol. The largest absolute Gasteiger partial charge is 0.386 e. The molecule has 0 aromatic heterocycles. The molecule has 10 heavy (non-hydrogen) atoms. The maximum Gasteiger partial charge on any atom is 0.0948 e. The molecule has 0 radical (unpaired) electrons. The minimum Gasteiger partial charge on any atom is -0.386 e. The molecular formula is C8H18N2. The molecule has 3 N–H and O–H groups in total. The molecule has 0 aromatic carbocycles. The van der Waals surface area contributed by atoms with E-state index in [1.165, 1.54) is 5.57 Å². The van der Waals surface area contributed by atoms with Gasteiger partial charge in [0.2, 0.25) is 0 Å². The van der Waals surface area contributed by atoms with E-state index in [0.717, 1.165) is 25.2 Å².